The molecule has 0 amide bonds. The molecule has 1 aliphatic rings. The van der Waals surface area contributed by atoms with E-state index >= 15 is 0 Å². The molecule has 9 nitrogen and oxygen atoms in total. The van der Waals surface area contributed by atoms with E-state index in [-0.39, 0.29) is 17.3 Å². The van der Waals surface area contributed by atoms with Crippen LogP contribution < -0.4 is 10.7 Å². The molecule has 0 atom stereocenters. The van der Waals surface area contributed by atoms with Crippen molar-refractivity contribution in [2.75, 3.05) is 50.5 Å². The molecule has 0 spiro atoms. The highest BCUT2D eigenvalue weighted by Gasteiger charge is 2.25. The number of nitro groups is 1. The third-order valence-corrected chi connectivity index (χ3v) is 3.19. The van der Waals surface area contributed by atoms with Crippen LogP contribution in [0.2, 0.25) is 0 Å². The molecule has 21 heavy (non-hydrogen) atoms. The summed E-state index contributed by atoms with van der Waals surface area (Å²) in [5.74, 6) is 0.387. The average Bonchev–Trinajstić information content (AvgIpc) is 2.47. The van der Waals surface area contributed by atoms with Gasteiger partial charge in [0.15, 0.2) is 0 Å². The number of aromatic nitrogens is 2. The zero-order chi connectivity index (χ0) is 15.2. The Balaban J connectivity index is 2.17. The molecule has 1 aromatic rings. The van der Waals surface area contributed by atoms with Crippen LogP contribution in [-0.4, -0.2) is 64.6 Å². The van der Waals surface area contributed by atoms with E-state index < -0.39 is 4.92 Å². The van der Waals surface area contributed by atoms with Gasteiger partial charge in [-0.25, -0.2) is 15.0 Å². The summed E-state index contributed by atoms with van der Waals surface area (Å²) in [6, 6.07) is 0. The lowest BCUT2D eigenvalue weighted by Gasteiger charge is -2.32. The predicted octanol–water partition coefficient (Wildman–Crippen LogP) is 0.557. The van der Waals surface area contributed by atoms with Crippen LogP contribution in [0.15, 0.2) is 19.0 Å². The molecule has 9 heteroatoms. The van der Waals surface area contributed by atoms with Gasteiger partial charge in [0.05, 0.1) is 4.92 Å². The third-order valence-electron chi connectivity index (χ3n) is 3.19. The van der Waals surface area contributed by atoms with Crippen LogP contribution in [0.1, 0.15) is 0 Å². The molecule has 0 aromatic carbocycles. The predicted molar refractivity (Wildman–Crippen MR) is 80.1 cm³/mol. The van der Waals surface area contributed by atoms with Crippen LogP contribution in [0.5, 0.6) is 0 Å². The number of nitrogens with one attached hydrogen (secondary N) is 2. The van der Waals surface area contributed by atoms with Crippen LogP contribution in [0.4, 0.5) is 17.3 Å². The molecule has 0 radical (unpaired) electrons. The fourth-order valence-corrected chi connectivity index (χ4v) is 2.00. The van der Waals surface area contributed by atoms with Gasteiger partial charge in [0.25, 0.3) is 0 Å². The molecule has 1 aliphatic heterocycles. The maximum Gasteiger partial charge on any atom is 0.354 e. The quantitative estimate of drug-likeness (QED) is 0.446. The van der Waals surface area contributed by atoms with Crippen LogP contribution in [-0.2, 0) is 0 Å². The van der Waals surface area contributed by atoms with E-state index in [2.05, 4.69) is 32.2 Å². The van der Waals surface area contributed by atoms with Gasteiger partial charge in [-0.2, -0.15) is 0 Å². The summed E-state index contributed by atoms with van der Waals surface area (Å²) >= 11 is 0. The lowest BCUT2D eigenvalue weighted by Crippen LogP contribution is -2.47. The molecule has 2 rings (SSSR count). The summed E-state index contributed by atoms with van der Waals surface area (Å²) in [5.41, 5.74) is 2.86. The van der Waals surface area contributed by atoms with Gasteiger partial charge in [-0.15, -0.1) is 6.58 Å². The number of hydrogen-bond acceptors (Lipinski definition) is 8. The summed E-state index contributed by atoms with van der Waals surface area (Å²) in [7, 11) is 2.04. The van der Waals surface area contributed by atoms with Crippen LogP contribution in [0.25, 0.3) is 0 Å². The first-order valence-electron chi connectivity index (χ1n) is 6.66. The molecule has 0 bridgehead atoms. The topological polar surface area (TPSA) is 99.5 Å². The van der Waals surface area contributed by atoms with Crippen molar-refractivity contribution in [3.05, 3.63) is 29.1 Å². The lowest BCUT2D eigenvalue weighted by molar-refractivity contribution is -0.383. The van der Waals surface area contributed by atoms with Crippen LogP contribution >= 0.6 is 0 Å². The van der Waals surface area contributed by atoms with Crippen LogP contribution in [0, 0.1) is 10.1 Å². The maximum absolute atomic E-state index is 11.3. The number of anilines is 2. The summed E-state index contributed by atoms with van der Waals surface area (Å²) in [4.78, 5) is 20.9. The van der Waals surface area contributed by atoms with Gasteiger partial charge in [0.1, 0.15) is 6.33 Å². The Morgan fingerprint density at radius 3 is 2.67 bits per heavy atom. The third kappa shape index (κ3) is 3.86. The summed E-state index contributed by atoms with van der Waals surface area (Å²) in [6.07, 6.45) is 2.91. The highest BCUT2D eigenvalue weighted by Crippen LogP contribution is 2.29. The minimum Gasteiger partial charge on any atom is -0.361 e. The number of piperazine rings is 1. The minimum absolute atomic E-state index is 0.154. The fourth-order valence-electron chi connectivity index (χ4n) is 2.00. The molecule has 0 saturated carbocycles. The van der Waals surface area contributed by atoms with E-state index in [0.717, 1.165) is 26.2 Å². The first-order chi connectivity index (χ1) is 10.1. The first-order valence-corrected chi connectivity index (χ1v) is 6.66. The second-order valence-electron chi connectivity index (χ2n) is 4.75. The van der Waals surface area contributed by atoms with Gasteiger partial charge in [0, 0.05) is 32.7 Å². The Hall–Kier alpha value is -2.26. The second-order valence-corrected chi connectivity index (χ2v) is 4.75. The molecule has 0 unspecified atom stereocenters. The van der Waals surface area contributed by atoms with Crippen LogP contribution in [0.3, 0.4) is 0 Å². The van der Waals surface area contributed by atoms with Crippen molar-refractivity contribution in [2.24, 2.45) is 0 Å². The molecule has 1 aromatic heterocycles. The lowest BCUT2D eigenvalue weighted by atomic mass is 10.4. The molecular weight excluding hydrogens is 274 g/mol. The van der Waals surface area contributed by atoms with Crippen molar-refractivity contribution < 1.29 is 4.92 Å². The normalized spacial score (nSPS) is 16.4. The van der Waals surface area contributed by atoms with Gasteiger partial charge in [-0.3, -0.25) is 15.5 Å². The van der Waals surface area contributed by atoms with E-state index in [4.69, 9.17) is 0 Å². The molecule has 0 aliphatic carbocycles. The van der Waals surface area contributed by atoms with E-state index in [0.29, 0.717) is 6.54 Å². The fraction of sp³-hybridized carbons (Fsp3) is 0.500. The zero-order valence-corrected chi connectivity index (χ0v) is 11.9. The number of hydrazine groups is 1. The summed E-state index contributed by atoms with van der Waals surface area (Å²) in [5, 5.41) is 16.1. The number of hydrogen-bond donors (Lipinski definition) is 2. The van der Waals surface area contributed by atoms with E-state index in [1.807, 2.05) is 12.1 Å². The summed E-state index contributed by atoms with van der Waals surface area (Å²) in [6.45, 7) is 7.30. The molecule has 114 valence electrons. The van der Waals surface area contributed by atoms with Gasteiger partial charge < -0.3 is 10.2 Å². The first kappa shape index (κ1) is 15.1. The Kier molecular flexibility index (Phi) is 5.01. The monoisotopic (exact) mass is 293 g/mol. The Labute approximate surface area is 122 Å². The minimum atomic E-state index is -0.482. The van der Waals surface area contributed by atoms with E-state index in [1.165, 1.54) is 6.33 Å². The SMILES string of the molecule is C=CCNc1ncnc(NN2CCN(C)CC2)c1[N+](=O)[O-]. The van der Waals surface area contributed by atoms with Crippen molar-refractivity contribution >= 4 is 17.3 Å². The largest absolute Gasteiger partial charge is 0.361 e. The molecule has 1 fully saturated rings. The number of likely N-dealkylation sites (N-methyl/N-ethyl adjacent to an activating group) is 1. The van der Waals surface area contributed by atoms with Crippen molar-refractivity contribution in [1.29, 1.82) is 0 Å². The smallest absolute Gasteiger partial charge is 0.354 e. The average molecular weight is 293 g/mol. The summed E-state index contributed by atoms with van der Waals surface area (Å²) < 4.78 is 0. The highest BCUT2D eigenvalue weighted by atomic mass is 16.6. The van der Waals surface area contributed by atoms with Gasteiger partial charge in [-0.05, 0) is 7.05 Å². The Morgan fingerprint density at radius 2 is 2.05 bits per heavy atom. The van der Waals surface area contributed by atoms with Gasteiger partial charge >= 0.3 is 5.69 Å². The van der Waals surface area contributed by atoms with Crippen molar-refractivity contribution in [3.8, 4) is 0 Å². The standard InChI is InChI=1S/C12H19N7O2/c1-3-4-13-11-10(19(20)21)12(15-9-14-11)16-18-7-5-17(2)6-8-18/h3,9H,1,4-8H2,2H3,(H2,13,14,15,16). The molecule has 2 heterocycles. The van der Waals surface area contributed by atoms with Crippen molar-refractivity contribution in [3.63, 3.8) is 0 Å². The molecule has 2 N–H and O–H groups in total. The number of rotatable bonds is 6. The van der Waals surface area contributed by atoms with Gasteiger partial charge in [0.2, 0.25) is 11.6 Å². The Morgan fingerprint density at radius 1 is 1.38 bits per heavy atom. The van der Waals surface area contributed by atoms with Crippen molar-refractivity contribution in [1.82, 2.24) is 19.9 Å². The van der Waals surface area contributed by atoms with E-state index in [1.54, 1.807) is 6.08 Å². The highest BCUT2D eigenvalue weighted by molar-refractivity contribution is 5.69. The Bertz CT molecular complexity index is 514. The zero-order valence-electron chi connectivity index (χ0n) is 11.9. The number of nitrogens with zero attached hydrogens (tertiary/aromatic N) is 5. The van der Waals surface area contributed by atoms with Gasteiger partial charge in [-0.1, -0.05) is 6.08 Å². The molecule has 1 saturated heterocycles. The molecular formula is C12H19N7O2. The second kappa shape index (κ2) is 6.95. The maximum atomic E-state index is 11.3. The van der Waals surface area contributed by atoms with Crippen molar-refractivity contribution in [2.45, 2.75) is 0 Å². The van der Waals surface area contributed by atoms with E-state index in [9.17, 15) is 10.1 Å².